The molecule has 0 aromatic heterocycles. The molecule has 0 aliphatic carbocycles. The van der Waals surface area contributed by atoms with Gasteiger partial charge in [-0.3, -0.25) is 0 Å². The lowest BCUT2D eigenvalue weighted by Crippen LogP contribution is -2.47. The zero-order valence-electron chi connectivity index (χ0n) is 11.8. The van der Waals surface area contributed by atoms with Crippen molar-refractivity contribution in [3.8, 4) is 5.75 Å². The summed E-state index contributed by atoms with van der Waals surface area (Å²) in [5.74, 6) is 0.739. The first-order valence-electron chi connectivity index (χ1n) is 6.76. The Labute approximate surface area is 114 Å². The lowest BCUT2D eigenvalue weighted by Gasteiger charge is -2.30. The first-order chi connectivity index (χ1) is 9.10. The molecule has 4 heteroatoms. The van der Waals surface area contributed by atoms with E-state index >= 15 is 0 Å². The van der Waals surface area contributed by atoms with Crippen molar-refractivity contribution < 1.29 is 14.6 Å². The maximum Gasteiger partial charge on any atom is 0.124 e. The molecule has 2 N–H and O–H groups in total. The Morgan fingerprint density at radius 3 is 2.95 bits per heavy atom. The number of aryl methyl sites for hydroxylation is 1. The SMILES string of the molecule is COc1ccc(C)cc1C(O)CC1COCC(C)N1. The number of rotatable bonds is 4. The second-order valence-corrected chi connectivity index (χ2v) is 5.30. The fourth-order valence-corrected chi connectivity index (χ4v) is 2.53. The third-order valence-corrected chi connectivity index (χ3v) is 3.46. The number of aliphatic hydroxyl groups excluding tert-OH is 1. The van der Waals surface area contributed by atoms with Gasteiger partial charge in [0.1, 0.15) is 5.75 Å². The van der Waals surface area contributed by atoms with E-state index in [1.54, 1.807) is 7.11 Å². The lowest BCUT2D eigenvalue weighted by molar-refractivity contribution is 0.0300. The zero-order valence-corrected chi connectivity index (χ0v) is 11.8. The summed E-state index contributed by atoms with van der Waals surface area (Å²) in [5, 5.41) is 13.9. The Morgan fingerprint density at radius 1 is 1.47 bits per heavy atom. The summed E-state index contributed by atoms with van der Waals surface area (Å²) < 4.78 is 10.8. The van der Waals surface area contributed by atoms with Crippen molar-refractivity contribution in [1.82, 2.24) is 5.32 Å². The molecule has 1 saturated heterocycles. The van der Waals surface area contributed by atoms with Crippen LogP contribution in [0.2, 0.25) is 0 Å². The van der Waals surface area contributed by atoms with Gasteiger partial charge in [-0.15, -0.1) is 0 Å². The summed E-state index contributed by atoms with van der Waals surface area (Å²) >= 11 is 0. The third-order valence-electron chi connectivity index (χ3n) is 3.46. The van der Waals surface area contributed by atoms with Crippen LogP contribution in [0.25, 0.3) is 0 Å². The van der Waals surface area contributed by atoms with Crippen LogP contribution in [-0.4, -0.2) is 37.5 Å². The van der Waals surface area contributed by atoms with Crippen LogP contribution in [0.1, 0.15) is 30.6 Å². The summed E-state index contributed by atoms with van der Waals surface area (Å²) in [7, 11) is 1.63. The number of ether oxygens (including phenoxy) is 2. The molecule has 0 saturated carbocycles. The number of hydrogen-bond donors (Lipinski definition) is 2. The summed E-state index contributed by atoms with van der Waals surface area (Å²) in [6.45, 7) is 5.49. The number of hydrogen-bond acceptors (Lipinski definition) is 4. The third kappa shape index (κ3) is 3.69. The van der Waals surface area contributed by atoms with Gasteiger partial charge in [0.15, 0.2) is 0 Å². The van der Waals surface area contributed by atoms with E-state index in [9.17, 15) is 5.11 Å². The van der Waals surface area contributed by atoms with Crippen LogP contribution in [0, 0.1) is 6.92 Å². The van der Waals surface area contributed by atoms with E-state index in [2.05, 4.69) is 12.2 Å². The molecule has 0 bridgehead atoms. The van der Waals surface area contributed by atoms with Gasteiger partial charge >= 0.3 is 0 Å². The van der Waals surface area contributed by atoms with Crippen LogP contribution < -0.4 is 10.1 Å². The molecular weight excluding hydrogens is 242 g/mol. The number of nitrogens with one attached hydrogen (secondary N) is 1. The number of methoxy groups -OCH3 is 1. The molecular formula is C15H23NO3. The Morgan fingerprint density at radius 2 is 2.26 bits per heavy atom. The molecule has 1 aliphatic heterocycles. The molecule has 1 aliphatic rings. The minimum atomic E-state index is -0.541. The largest absolute Gasteiger partial charge is 0.496 e. The Hall–Kier alpha value is -1.10. The van der Waals surface area contributed by atoms with Crippen LogP contribution >= 0.6 is 0 Å². The van der Waals surface area contributed by atoms with Gasteiger partial charge in [0.05, 0.1) is 26.4 Å². The minimum Gasteiger partial charge on any atom is -0.496 e. The van der Waals surface area contributed by atoms with Gasteiger partial charge in [0.2, 0.25) is 0 Å². The summed E-state index contributed by atoms with van der Waals surface area (Å²) in [6, 6.07) is 6.39. The van der Waals surface area contributed by atoms with E-state index in [-0.39, 0.29) is 6.04 Å². The molecule has 2 rings (SSSR count). The van der Waals surface area contributed by atoms with Gasteiger partial charge in [-0.1, -0.05) is 11.6 Å². The highest BCUT2D eigenvalue weighted by Crippen LogP contribution is 2.29. The van der Waals surface area contributed by atoms with Crippen molar-refractivity contribution in [2.45, 2.75) is 38.5 Å². The second kappa shape index (κ2) is 6.37. The Balaban J connectivity index is 2.06. The minimum absolute atomic E-state index is 0.184. The molecule has 1 aromatic rings. The summed E-state index contributed by atoms with van der Waals surface area (Å²) in [4.78, 5) is 0. The van der Waals surface area contributed by atoms with Gasteiger partial charge in [-0.25, -0.2) is 0 Å². The molecule has 1 heterocycles. The van der Waals surface area contributed by atoms with Crippen molar-refractivity contribution in [2.75, 3.05) is 20.3 Å². The van der Waals surface area contributed by atoms with E-state index in [1.807, 2.05) is 25.1 Å². The fraction of sp³-hybridized carbons (Fsp3) is 0.600. The van der Waals surface area contributed by atoms with Crippen molar-refractivity contribution >= 4 is 0 Å². The average Bonchev–Trinajstić information content (AvgIpc) is 2.38. The van der Waals surface area contributed by atoms with E-state index in [0.29, 0.717) is 19.1 Å². The van der Waals surface area contributed by atoms with Gasteiger partial charge in [0, 0.05) is 17.6 Å². The predicted octanol–water partition coefficient (Wildman–Crippen LogP) is 1.80. The standard InChI is InChI=1S/C15H23NO3/c1-10-4-5-15(18-3)13(6-10)14(17)7-12-9-19-8-11(2)16-12/h4-6,11-12,14,16-17H,7-9H2,1-3H3. The van der Waals surface area contributed by atoms with E-state index < -0.39 is 6.10 Å². The number of benzene rings is 1. The quantitative estimate of drug-likeness (QED) is 0.871. The molecule has 1 aromatic carbocycles. The molecule has 3 atom stereocenters. The molecule has 0 amide bonds. The van der Waals surface area contributed by atoms with Crippen LogP contribution in [-0.2, 0) is 4.74 Å². The monoisotopic (exact) mass is 265 g/mol. The van der Waals surface area contributed by atoms with Gasteiger partial charge in [-0.2, -0.15) is 0 Å². The van der Waals surface area contributed by atoms with Crippen LogP contribution in [0.4, 0.5) is 0 Å². The first-order valence-corrected chi connectivity index (χ1v) is 6.76. The van der Waals surface area contributed by atoms with Crippen LogP contribution in [0.15, 0.2) is 18.2 Å². The maximum absolute atomic E-state index is 10.4. The first kappa shape index (κ1) is 14.3. The predicted molar refractivity (Wildman–Crippen MR) is 74.5 cm³/mol. The van der Waals surface area contributed by atoms with E-state index in [4.69, 9.17) is 9.47 Å². The molecule has 106 valence electrons. The highest BCUT2D eigenvalue weighted by molar-refractivity contribution is 5.38. The van der Waals surface area contributed by atoms with Crippen LogP contribution in [0.3, 0.4) is 0 Å². The Kier molecular flexibility index (Phi) is 4.80. The van der Waals surface area contributed by atoms with Gasteiger partial charge in [0.25, 0.3) is 0 Å². The van der Waals surface area contributed by atoms with Crippen molar-refractivity contribution in [1.29, 1.82) is 0 Å². The van der Waals surface area contributed by atoms with E-state index in [0.717, 1.165) is 23.5 Å². The van der Waals surface area contributed by atoms with Crippen molar-refractivity contribution in [3.63, 3.8) is 0 Å². The topological polar surface area (TPSA) is 50.7 Å². The van der Waals surface area contributed by atoms with Crippen molar-refractivity contribution in [2.24, 2.45) is 0 Å². The summed E-state index contributed by atoms with van der Waals surface area (Å²) in [5.41, 5.74) is 1.97. The molecule has 3 unspecified atom stereocenters. The Bertz CT molecular complexity index is 422. The number of aliphatic hydroxyl groups is 1. The summed E-state index contributed by atoms with van der Waals surface area (Å²) in [6.07, 6.45) is 0.0886. The highest BCUT2D eigenvalue weighted by atomic mass is 16.5. The maximum atomic E-state index is 10.4. The average molecular weight is 265 g/mol. The molecule has 19 heavy (non-hydrogen) atoms. The normalized spacial score (nSPS) is 25.1. The van der Waals surface area contributed by atoms with E-state index in [1.165, 1.54) is 0 Å². The fourth-order valence-electron chi connectivity index (χ4n) is 2.53. The second-order valence-electron chi connectivity index (χ2n) is 5.30. The zero-order chi connectivity index (χ0) is 13.8. The van der Waals surface area contributed by atoms with Crippen molar-refractivity contribution in [3.05, 3.63) is 29.3 Å². The number of morpholine rings is 1. The van der Waals surface area contributed by atoms with Crippen LogP contribution in [0.5, 0.6) is 5.75 Å². The lowest BCUT2D eigenvalue weighted by atomic mass is 9.98. The molecule has 0 spiro atoms. The van der Waals surface area contributed by atoms with Gasteiger partial charge in [-0.05, 0) is 32.4 Å². The smallest absolute Gasteiger partial charge is 0.124 e. The molecule has 0 radical (unpaired) electrons. The molecule has 1 fully saturated rings. The van der Waals surface area contributed by atoms with Gasteiger partial charge < -0.3 is 19.9 Å². The molecule has 4 nitrogen and oxygen atoms in total. The highest BCUT2D eigenvalue weighted by Gasteiger charge is 2.23.